The van der Waals surface area contributed by atoms with Crippen LogP contribution in [0.25, 0.3) is 0 Å². The molecule has 0 bridgehead atoms. The van der Waals surface area contributed by atoms with Crippen LogP contribution < -0.4 is 5.48 Å². The molecule has 0 saturated heterocycles. The van der Waals surface area contributed by atoms with Gasteiger partial charge in [0.15, 0.2) is 0 Å². The normalized spacial score (nSPS) is 11.3. The monoisotopic (exact) mass is 222 g/mol. The summed E-state index contributed by atoms with van der Waals surface area (Å²) >= 11 is 0. The van der Waals surface area contributed by atoms with Gasteiger partial charge in [-0.25, -0.2) is 5.48 Å². The number of rotatable bonds is 2. The van der Waals surface area contributed by atoms with Crippen molar-refractivity contribution in [3.05, 3.63) is 29.1 Å². The van der Waals surface area contributed by atoms with Crippen molar-refractivity contribution in [2.24, 2.45) is 0 Å². The van der Waals surface area contributed by atoms with E-state index < -0.39 is 5.60 Å². The third-order valence-corrected chi connectivity index (χ3v) is 1.92. The molecule has 4 nitrogen and oxygen atoms in total. The van der Waals surface area contributed by atoms with Crippen LogP contribution in [0.5, 0.6) is 0 Å². The molecule has 88 valence electrons. The molecule has 0 spiro atoms. The molecule has 1 heterocycles. The molecule has 1 aromatic heterocycles. The van der Waals surface area contributed by atoms with E-state index in [2.05, 4.69) is 10.5 Å². The first kappa shape index (κ1) is 12.6. The molecule has 0 saturated carbocycles. The summed E-state index contributed by atoms with van der Waals surface area (Å²) in [5, 5.41) is 0. The van der Waals surface area contributed by atoms with Gasteiger partial charge >= 0.3 is 0 Å². The van der Waals surface area contributed by atoms with Crippen molar-refractivity contribution in [2.45, 2.75) is 40.2 Å². The molecule has 0 fully saturated rings. The molecule has 0 aliphatic rings. The maximum absolute atomic E-state index is 11.7. The molecular formula is C12H18N2O2. The topological polar surface area (TPSA) is 51.2 Å². The number of carbonyl (C=O) groups excluding carboxylic acids is 1. The Morgan fingerprint density at radius 1 is 1.31 bits per heavy atom. The highest BCUT2D eigenvalue weighted by Crippen LogP contribution is 2.08. The molecular weight excluding hydrogens is 204 g/mol. The summed E-state index contributed by atoms with van der Waals surface area (Å²) in [6.07, 6.45) is 0. The standard InChI is InChI=1S/C12H18N2O2/c1-8-6-7-10(9(2)13-8)11(15)14-16-12(3,4)5/h6-7H,1-5H3,(H,14,15). The summed E-state index contributed by atoms with van der Waals surface area (Å²) in [5.74, 6) is -0.264. The van der Waals surface area contributed by atoms with Gasteiger partial charge in [-0.2, -0.15) is 0 Å². The summed E-state index contributed by atoms with van der Waals surface area (Å²) in [5.41, 5.74) is 4.15. The maximum atomic E-state index is 11.7. The van der Waals surface area contributed by atoms with Crippen molar-refractivity contribution >= 4 is 5.91 Å². The van der Waals surface area contributed by atoms with E-state index in [0.717, 1.165) is 5.69 Å². The van der Waals surface area contributed by atoms with Gasteiger partial charge in [0.1, 0.15) is 0 Å². The Hall–Kier alpha value is -1.42. The second-order valence-electron chi connectivity index (χ2n) is 4.73. The van der Waals surface area contributed by atoms with Crippen LogP contribution >= 0.6 is 0 Å². The summed E-state index contributed by atoms with van der Waals surface area (Å²) in [7, 11) is 0. The van der Waals surface area contributed by atoms with E-state index in [9.17, 15) is 4.79 Å². The predicted molar refractivity (Wildman–Crippen MR) is 62.0 cm³/mol. The Kier molecular flexibility index (Phi) is 3.65. The van der Waals surface area contributed by atoms with E-state index in [1.807, 2.05) is 27.7 Å². The van der Waals surface area contributed by atoms with Crippen molar-refractivity contribution < 1.29 is 9.63 Å². The fraction of sp³-hybridized carbons (Fsp3) is 0.500. The number of aromatic nitrogens is 1. The van der Waals surface area contributed by atoms with E-state index in [1.54, 1.807) is 19.1 Å². The van der Waals surface area contributed by atoms with Gasteiger partial charge in [0, 0.05) is 5.69 Å². The van der Waals surface area contributed by atoms with Crippen molar-refractivity contribution in [1.82, 2.24) is 10.5 Å². The zero-order valence-electron chi connectivity index (χ0n) is 10.4. The maximum Gasteiger partial charge on any atom is 0.276 e. The van der Waals surface area contributed by atoms with Gasteiger partial charge < -0.3 is 0 Å². The van der Waals surface area contributed by atoms with E-state index in [4.69, 9.17) is 4.84 Å². The Morgan fingerprint density at radius 3 is 2.44 bits per heavy atom. The zero-order chi connectivity index (χ0) is 12.3. The van der Waals surface area contributed by atoms with Crippen molar-refractivity contribution in [3.8, 4) is 0 Å². The van der Waals surface area contributed by atoms with Gasteiger partial charge in [-0.15, -0.1) is 0 Å². The fourth-order valence-corrected chi connectivity index (χ4v) is 1.18. The van der Waals surface area contributed by atoms with Crippen LogP contribution in [0.4, 0.5) is 0 Å². The Balaban J connectivity index is 2.74. The first-order valence-electron chi connectivity index (χ1n) is 5.22. The Bertz CT molecular complexity index is 394. The highest BCUT2D eigenvalue weighted by atomic mass is 16.7. The Labute approximate surface area is 96.0 Å². The first-order chi connectivity index (χ1) is 7.29. The number of amides is 1. The molecule has 0 aliphatic heterocycles. The van der Waals surface area contributed by atoms with Gasteiger partial charge in [0.05, 0.1) is 16.9 Å². The minimum absolute atomic E-state index is 0.264. The van der Waals surface area contributed by atoms with Crippen molar-refractivity contribution in [1.29, 1.82) is 0 Å². The van der Waals surface area contributed by atoms with Gasteiger partial charge in [0.25, 0.3) is 5.91 Å². The number of aryl methyl sites for hydroxylation is 2. The number of carbonyl (C=O) groups is 1. The van der Waals surface area contributed by atoms with E-state index in [-0.39, 0.29) is 5.91 Å². The van der Waals surface area contributed by atoms with E-state index >= 15 is 0 Å². The van der Waals surface area contributed by atoms with E-state index in [1.165, 1.54) is 0 Å². The van der Waals surface area contributed by atoms with Crippen LogP contribution in [-0.2, 0) is 4.84 Å². The van der Waals surface area contributed by atoms with Crippen LogP contribution in [-0.4, -0.2) is 16.5 Å². The van der Waals surface area contributed by atoms with Crippen LogP contribution in [0.2, 0.25) is 0 Å². The number of pyridine rings is 1. The smallest absolute Gasteiger partial charge is 0.268 e. The van der Waals surface area contributed by atoms with Gasteiger partial charge in [-0.1, -0.05) is 0 Å². The molecule has 1 aromatic rings. The summed E-state index contributed by atoms with van der Waals surface area (Å²) in [4.78, 5) is 21.2. The SMILES string of the molecule is Cc1ccc(C(=O)NOC(C)(C)C)c(C)n1. The molecule has 1 N–H and O–H groups in total. The molecule has 0 aliphatic carbocycles. The zero-order valence-corrected chi connectivity index (χ0v) is 10.4. The fourth-order valence-electron chi connectivity index (χ4n) is 1.18. The second-order valence-corrected chi connectivity index (χ2v) is 4.73. The number of hydroxylamine groups is 1. The van der Waals surface area contributed by atoms with Crippen LogP contribution in [0.3, 0.4) is 0 Å². The molecule has 0 radical (unpaired) electrons. The quantitative estimate of drug-likeness (QED) is 0.780. The molecule has 16 heavy (non-hydrogen) atoms. The third-order valence-electron chi connectivity index (χ3n) is 1.92. The number of nitrogens with one attached hydrogen (secondary N) is 1. The van der Waals surface area contributed by atoms with Crippen molar-refractivity contribution in [2.75, 3.05) is 0 Å². The molecule has 0 atom stereocenters. The largest absolute Gasteiger partial charge is 0.276 e. The first-order valence-corrected chi connectivity index (χ1v) is 5.22. The molecule has 1 rings (SSSR count). The number of nitrogens with zero attached hydrogens (tertiary/aromatic N) is 1. The molecule has 4 heteroatoms. The van der Waals surface area contributed by atoms with Gasteiger partial charge in [0.2, 0.25) is 0 Å². The second kappa shape index (κ2) is 4.61. The highest BCUT2D eigenvalue weighted by Gasteiger charge is 2.15. The predicted octanol–water partition coefficient (Wildman–Crippen LogP) is 2.16. The minimum atomic E-state index is -0.401. The van der Waals surface area contributed by atoms with Crippen LogP contribution in [0, 0.1) is 13.8 Å². The van der Waals surface area contributed by atoms with Gasteiger partial charge in [-0.3, -0.25) is 14.6 Å². The average molecular weight is 222 g/mol. The third kappa shape index (κ3) is 3.62. The lowest BCUT2D eigenvalue weighted by atomic mass is 10.2. The van der Waals surface area contributed by atoms with Crippen LogP contribution in [0.15, 0.2) is 12.1 Å². The van der Waals surface area contributed by atoms with E-state index in [0.29, 0.717) is 11.3 Å². The minimum Gasteiger partial charge on any atom is -0.268 e. The number of hydrogen-bond donors (Lipinski definition) is 1. The van der Waals surface area contributed by atoms with Gasteiger partial charge in [-0.05, 0) is 46.8 Å². The molecule has 0 unspecified atom stereocenters. The van der Waals surface area contributed by atoms with Crippen LogP contribution in [0.1, 0.15) is 42.5 Å². The number of hydrogen-bond acceptors (Lipinski definition) is 3. The van der Waals surface area contributed by atoms with Crippen molar-refractivity contribution in [3.63, 3.8) is 0 Å². The summed E-state index contributed by atoms with van der Waals surface area (Å²) < 4.78 is 0. The summed E-state index contributed by atoms with van der Waals surface area (Å²) in [6.45, 7) is 9.30. The summed E-state index contributed by atoms with van der Waals surface area (Å²) in [6, 6.07) is 3.55. The molecule has 1 amide bonds. The lowest BCUT2D eigenvalue weighted by Gasteiger charge is -2.19. The highest BCUT2D eigenvalue weighted by molar-refractivity contribution is 5.94. The Morgan fingerprint density at radius 2 is 1.94 bits per heavy atom. The molecule has 0 aromatic carbocycles. The average Bonchev–Trinajstić information content (AvgIpc) is 2.13. The lowest BCUT2D eigenvalue weighted by Crippen LogP contribution is -2.34. The lowest BCUT2D eigenvalue weighted by molar-refractivity contribution is -0.0590.